The third kappa shape index (κ3) is 6.33. The van der Waals surface area contributed by atoms with E-state index in [1.54, 1.807) is 0 Å². The molecule has 6 heteroatoms. The van der Waals surface area contributed by atoms with Gasteiger partial charge in [-0.25, -0.2) is 0 Å². The summed E-state index contributed by atoms with van der Waals surface area (Å²) >= 11 is 0. The first kappa shape index (κ1) is 14.2. The van der Waals surface area contributed by atoms with Crippen LogP contribution in [0, 0.1) is 0 Å². The van der Waals surface area contributed by atoms with Crippen LogP contribution >= 0.6 is 0 Å². The highest BCUT2D eigenvalue weighted by Crippen LogP contribution is 2.17. The normalized spacial score (nSPS) is 13.7. The Morgan fingerprint density at radius 2 is 2.00 bits per heavy atom. The molecule has 0 heterocycles. The van der Waals surface area contributed by atoms with Crippen molar-refractivity contribution in [1.82, 2.24) is 4.90 Å². The lowest BCUT2D eigenvalue weighted by atomic mass is 10.2. The van der Waals surface area contributed by atoms with Crippen LogP contribution in [0.25, 0.3) is 0 Å². The van der Waals surface area contributed by atoms with Gasteiger partial charge in [0.05, 0.1) is 6.04 Å². The fraction of sp³-hybridized carbons (Fsp3) is 0.889. The molecule has 1 amide bonds. The van der Waals surface area contributed by atoms with Gasteiger partial charge < -0.3 is 10.6 Å². The Morgan fingerprint density at radius 1 is 1.47 bits per heavy atom. The van der Waals surface area contributed by atoms with Crippen molar-refractivity contribution >= 4 is 5.91 Å². The maximum Gasteiger partial charge on any atom is 0.406 e. The number of nitrogens with zero attached hydrogens (tertiary/aromatic N) is 1. The van der Waals surface area contributed by atoms with E-state index in [9.17, 15) is 18.0 Å². The second-order valence-corrected chi connectivity index (χ2v) is 3.52. The number of nitrogens with two attached hydrogens (primary N) is 1. The van der Waals surface area contributed by atoms with Gasteiger partial charge in [-0.1, -0.05) is 13.3 Å². The molecular weight excluding hydrogens is 209 g/mol. The van der Waals surface area contributed by atoms with Crippen molar-refractivity contribution in [1.29, 1.82) is 0 Å². The summed E-state index contributed by atoms with van der Waals surface area (Å²) in [6.45, 7) is 2.13. The zero-order valence-corrected chi connectivity index (χ0v) is 8.97. The van der Waals surface area contributed by atoms with Gasteiger partial charge in [0.2, 0.25) is 5.91 Å². The fourth-order valence-corrected chi connectivity index (χ4v) is 1.12. The molecule has 0 saturated carbocycles. The van der Waals surface area contributed by atoms with Gasteiger partial charge >= 0.3 is 6.18 Å². The summed E-state index contributed by atoms with van der Waals surface area (Å²) in [6, 6.07) is -0.885. The Hall–Kier alpha value is -0.780. The Balaban J connectivity index is 4.37. The standard InChI is InChI=1S/C9H17F3N2O/c1-3-4-5-14(6-9(10,11)12)8(15)7(2)13/h7H,3-6,13H2,1-2H3. The first-order chi connectivity index (χ1) is 6.78. The van der Waals surface area contributed by atoms with Crippen molar-refractivity contribution in [2.45, 2.75) is 38.9 Å². The Morgan fingerprint density at radius 3 is 2.33 bits per heavy atom. The Bertz CT molecular complexity index is 204. The summed E-state index contributed by atoms with van der Waals surface area (Å²) in [5.74, 6) is -0.652. The van der Waals surface area contributed by atoms with E-state index in [-0.39, 0.29) is 6.54 Å². The summed E-state index contributed by atoms with van der Waals surface area (Å²) in [7, 11) is 0. The predicted octanol–water partition coefficient (Wildman–Crippen LogP) is 1.52. The average Bonchev–Trinajstić information content (AvgIpc) is 2.09. The molecule has 2 N–H and O–H groups in total. The number of unbranched alkanes of at least 4 members (excludes halogenated alkanes) is 1. The van der Waals surface area contributed by atoms with Gasteiger partial charge in [0.15, 0.2) is 0 Å². The zero-order valence-electron chi connectivity index (χ0n) is 8.97. The molecule has 0 aromatic carbocycles. The number of amides is 1. The Kier molecular flexibility index (Phi) is 5.64. The van der Waals surface area contributed by atoms with Crippen LogP contribution in [-0.2, 0) is 4.79 Å². The molecule has 3 nitrogen and oxygen atoms in total. The van der Waals surface area contributed by atoms with Crippen LogP contribution in [-0.4, -0.2) is 36.1 Å². The van der Waals surface area contributed by atoms with Crippen molar-refractivity contribution in [2.24, 2.45) is 5.73 Å². The minimum Gasteiger partial charge on any atom is -0.332 e. The van der Waals surface area contributed by atoms with Crippen LogP contribution in [0.4, 0.5) is 13.2 Å². The SMILES string of the molecule is CCCCN(CC(F)(F)F)C(=O)C(C)N. The lowest BCUT2D eigenvalue weighted by Gasteiger charge is -2.25. The summed E-state index contributed by atoms with van der Waals surface area (Å²) in [4.78, 5) is 12.1. The third-order valence-electron chi connectivity index (χ3n) is 1.85. The molecule has 1 atom stereocenters. The minimum atomic E-state index is -4.36. The van der Waals surface area contributed by atoms with E-state index < -0.39 is 24.7 Å². The minimum absolute atomic E-state index is 0.108. The molecule has 90 valence electrons. The molecule has 0 fully saturated rings. The number of carbonyl (C=O) groups is 1. The molecule has 0 aromatic heterocycles. The molecule has 0 radical (unpaired) electrons. The second kappa shape index (κ2) is 5.95. The highest BCUT2D eigenvalue weighted by Gasteiger charge is 2.33. The number of hydrogen-bond acceptors (Lipinski definition) is 2. The van der Waals surface area contributed by atoms with Gasteiger partial charge in [-0.05, 0) is 13.3 Å². The van der Waals surface area contributed by atoms with Crippen molar-refractivity contribution in [2.75, 3.05) is 13.1 Å². The average molecular weight is 226 g/mol. The molecule has 0 rings (SSSR count). The van der Waals surface area contributed by atoms with E-state index in [1.165, 1.54) is 6.92 Å². The zero-order chi connectivity index (χ0) is 12.1. The molecule has 0 spiro atoms. The van der Waals surface area contributed by atoms with Crippen LogP contribution in [0.1, 0.15) is 26.7 Å². The van der Waals surface area contributed by atoms with Gasteiger partial charge in [0.1, 0.15) is 6.54 Å². The highest BCUT2D eigenvalue weighted by atomic mass is 19.4. The third-order valence-corrected chi connectivity index (χ3v) is 1.85. The quantitative estimate of drug-likeness (QED) is 0.772. The molecule has 0 aliphatic rings. The van der Waals surface area contributed by atoms with Crippen molar-refractivity contribution in [3.8, 4) is 0 Å². The molecule has 0 aliphatic carbocycles. The predicted molar refractivity (Wildman–Crippen MR) is 51.2 cm³/mol. The molecule has 15 heavy (non-hydrogen) atoms. The topological polar surface area (TPSA) is 46.3 Å². The second-order valence-electron chi connectivity index (χ2n) is 3.52. The maximum atomic E-state index is 12.1. The number of rotatable bonds is 5. The first-order valence-electron chi connectivity index (χ1n) is 4.89. The van der Waals surface area contributed by atoms with Gasteiger partial charge in [-0.2, -0.15) is 13.2 Å². The molecule has 0 aliphatic heterocycles. The summed E-state index contributed by atoms with van der Waals surface area (Å²) in [5.41, 5.74) is 5.27. The summed E-state index contributed by atoms with van der Waals surface area (Å²) in [5, 5.41) is 0. The van der Waals surface area contributed by atoms with Crippen LogP contribution in [0.15, 0.2) is 0 Å². The van der Waals surface area contributed by atoms with Gasteiger partial charge in [-0.3, -0.25) is 4.79 Å². The molecule has 0 saturated heterocycles. The van der Waals surface area contributed by atoms with E-state index in [2.05, 4.69) is 0 Å². The maximum absolute atomic E-state index is 12.1. The molecule has 0 aromatic rings. The molecular formula is C9H17F3N2O. The lowest BCUT2D eigenvalue weighted by Crippen LogP contribution is -2.46. The van der Waals surface area contributed by atoms with E-state index in [4.69, 9.17) is 5.73 Å². The lowest BCUT2D eigenvalue weighted by molar-refractivity contribution is -0.161. The summed E-state index contributed by atoms with van der Waals surface area (Å²) < 4.78 is 36.4. The number of halogens is 3. The van der Waals surface area contributed by atoms with Gasteiger partial charge in [-0.15, -0.1) is 0 Å². The van der Waals surface area contributed by atoms with Crippen LogP contribution in [0.2, 0.25) is 0 Å². The van der Waals surface area contributed by atoms with Gasteiger partial charge in [0, 0.05) is 6.54 Å². The smallest absolute Gasteiger partial charge is 0.332 e. The largest absolute Gasteiger partial charge is 0.406 e. The van der Waals surface area contributed by atoms with Crippen molar-refractivity contribution in [3.63, 3.8) is 0 Å². The summed E-state index contributed by atoms with van der Waals surface area (Å²) in [6.07, 6.45) is -3.08. The first-order valence-corrected chi connectivity index (χ1v) is 4.89. The number of hydrogen-bond donors (Lipinski definition) is 1. The van der Waals surface area contributed by atoms with Crippen molar-refractivity contribution in [3.05, 3.63) is 0 Å². The molecule has 0 bridgehead atoms. The van der Waals surface area contributed by atoms with Gasteiger partial charge in [0.25, 0.3) is 0 Å². The van der Waals surface area contributed by atoms with E-state index in [0.29, 0.717) is 6.42 Å². The van der Waals surface area contributed by atoms with E-state index in [0.717, 1.165) is 11.3 Å². The fourth-order valence-electron chi connectivity index (χ4n) is 1.12. The van der Waals surface area contributed by atoms with Crippen LogP contribution in [0.5, 0.6) is 0 Å². The van der Waals surface area contributed by atoms with Crippen LogP contribution < -0.4 is 5.73 Å². The van der Waals surface area contributed by atoms with Crippen molar-refractivity contribution < 1.29 is 18.0 Å². The highest BCUT2D eigenvalue weighted by molar-refractivity contribution is 5.81. The molecule has 1 unspecified atom stereocenters. The Labute approximate surface area is 87.4 Å². The number of carbonyl (C=O) groups excluding carboxylic acids is 1. The number of alkyl halides is 3. The van der Waals surface area contributed by atoms with E-state index >= 15 is 0 Å². The van der Waals surface area contributed by atoms with E-state index in [1.807, 2.05) is 6.92 Å². The van der Waals surface area contributed by atoms with Crippen LogP contribution in [0.3, 0.4) is 0 Å². The monoisotopic (exact) mass is 226 g/mol.